The van der Waals surface area contributed by atoms with Crippen molar-refractivity contribution >= 4 is 26.9 Å². The minimum atomic E-state index is -4.40. The Morgan fingerprint density at radius 1 is 1.25 bits per heavy atom. The smallest absolute Gasteiger partial charge is 0.353 e. The molecule has 2 aromatic heterocycles. The van der Waals surface area contributed by atoms with Gasteiger partial charge >= 0.3 is 6.18 Å². The molecule has 1 atom stereocenters. The molecular formula is C15H11BrF3N3O2. The van der Waals surface area contributed by atoms with Gasteiger partial charge in [-0.05, 0) is 47.5 Å². The molecule has 0 spiro atoms. The Bertz CT molecular complexity index is 961. The average Bonchev–Trinajstić information content (AvgIpc) is 2.92. The molecule has 0 N–H and O–H groups in total. The van der Waals surface area contributed by atoms with Gasteiger partial charge < -0.3 is 4.52 Å². The van der Waals surface area contributed by atoms with E-state index >= 15 is 0 Å². The maximum atomic E-state index is 12.7. The van der Waals surface area contributed by atoms with Crippen LogP contribution in [0.4, 0.5) is 13.2 Å². The van der Waals surface area contributed by atoms with Crippen LogP contribution < -0.4 is 5.56 Å². The molecule has 126 valence electrons. The fourth-order valence-electron chi connectivity index (χ4n) is 2.42. The summed E-state index contributed by atoms with van der Waals surface area (Å²) in [5, 5.41) is 8.16. The second-order valence-corrected chi connectivity index (χ2v) is 6.06. The first kappa shape index (κ1) is 16.7. The molecule has 9 heteroatoms. The van der Waals surface area contributed by atoms with Gasteiger partial charge in [-0.3, -0.25) is 4.79 Å². The highest BCUT2D eigenvalue weighted by molar-refractivity contribution is 9.10. The molecule has 0 radical (unpaired) electrons. The number of hydrogen-bond donors (Lipinski definition) is 0. The third kappa shape index (κ3) is 2.72. The van der Waals surface area contributed by atoms with Gasteiger partial charge in [-0.1, -0.05) is 17.3 Å². The molecule has 0 bridgehead atoms. The Labute approximate surface area is 142 Å². The molecule has 0 amide bonds. The summed E-state index contributed by atoms with van der Waals surface area (Å²) < 4.78 is 44.5. The summed E-state index contributed by atoms with van der Waals surface area (Å²) in [4.78, 5) is 12.6. The van der Waals surface area contributed by atoms with Crippen molar-refractivity contribution in [1.82, 2.24) is 14.9 Å². The van der Waals surface area contributed by atoms with Crippen molar-refractivity contribution in [3.63, 3.8) is 0 Å². The van der Waals surface area contributed by atoms with Crippen molar-refractivity contribution in [2.24, 2.45) is 0 Å². The van der Waals surface area contributed by atoms with Crippen molar-refractivity contribution in [2.75, 3.05) is 0 Å². The second kappa shape index (κ2) is 5.73. The van der Waals surface area contributed by atoms with Crippen LogP contribution in [0.3, 0.4) is 0 Å². The molecule has 0 aliphatic carbocycles. The van der Waals surface area contributed by atoms with Gasteiger partial charge in [0.1, 0.15) is 5.39 Å². The number of alkyl halides is 3. The summed E-state index contributed by atoms with van der Waals surface area (Å²) in [6, 6.07) is 4.07. The van der Waals surface area contributed by atoms with Gasteiger partial charge in [-0.2, -0.15) is 18.3 Å². The molecular weight excluding hydrogens is 391 g/mol. The molecule has 0 aliphatic rings. The minimum Gasteiger partial charge on any atom is -0.353 e. The summed E-state index contributed by atoms with van der Waals surface area (Å²) in [7, 11) is 0. The molecule has 3 aromatic rings. The van der Waals surface area contributed by atoms with Crippen LogP contribution in [0.1, 0.15) is 29.8 Å². The number of nitrogens with zero attached hydrogens (tertiary/aromatic N) is 3. The fraction of sp³-hybridized carbons (Fsp3) is 0.267. The second-order valence-electron chi connectivity index (χ2n) is 5.31. The van der Waals surface area contributed by atoms with Crippen LogP contribution in [-0.2, 0) is 6.18 Å². The molecule has 0 fully saturated rings. The lowest BCUT2D eigenvalue weighted by molar-refractivity contribution is -0.137. The predicted octanol–water partition coefficient (Wildman–Crippen LogP) is 4.08. The van der Waals surface area contributed by atoms with E-state index in [1.165, 1.54) is 16.8 Å². The van der Waals surface area contributed by atoms with E-state index in [4.69, 9.17) is 4.52 Å². The van der Waals surface area contributed by atoms with Crippen LogP contribution in [0.25, 0.3) is 11.0 Å². The zero-order valence-electron chi connectivity index (χ0n) is 12.6. The average molecular weight is 402 g/mol. The zero-order valence-corrected chi connectivity index (χ0v) is 14.1. The predicted molar refractivity (Wildman–Crippen MR) is 83.8 cm³/mol. The molecule has 5 nitrogen and oxygen atoms in total. The number of fused-ring (bicyclic) bond motifs is 1. The highest BCUT2D eigenvalue weighted by atomic mass is 79.9. The molecule has 0 saturated heterocycles. The van der Waals surface area contributed by atoms with Crippen LogP contribution in [0.15, 0.2) is 38.2 Å². The number of aryl methyl sites for hydroxylation is 1. The van der Waals surface area contributed by atoms with Crippen LogP contribution >= 0.6 is 15.9 Å². The molecule has 0 aliphatic heterocycles. The van der Waals surface area contributed by atoms with Crippen molar-refractivity contribution in [3.05, 3.63) is 56.0 Å². The number of rotatable bonds is 2. The fourth-order valence-corrected chi connectivity index (χ4v) is 2.86. The lowest BCUT2D eigenvalue weighted by Crippen LogP contribution is -2.27. The first-order chi connectivity index (χ1) is 11.2. The largest absolute Gasteiger partial charge is 0.416 e. The Morgan fingerprint density at radius 2 is 1.88 bits per heavy atom. The first-order valence-corrected chi connectivity index (χ1v) is 7.71. The highest BCUT2D eigenvalue weighted by Crippen LogP contribution is 2.30. The molecule has 24 heavy (non-hydrogen) atoms. The Kier molecular flexibility index (Phi) is 3.98. The van der Waals surface area contributed by atoms with Crippen molar-refractivity contribution in [3.8, 4) is 0 Å². The Hall–Kier alpha value is -2.16. The van der Waals surface area contributed by atoms with E-state index in [9.17, 15) is 18.0 Å². The van der Waals surface area contributed by atoms with Gasteiger partial charge in [0, 0.05) is 0 Å². The number of aromatic nitrogens is 3. The topological polar surface area (TPSA) is 60.9 Å². The standard InChI is InChI=1S/C15H11BrF3N3O2/c1-7-11-12(24-21-7)13(16)20-22(14(11)23)8(2)9-3-5-10(6-4-9)15(17,18)19/h3-6,8H,1-2H3/t8-/m0/s1. The van der Waals surface area contributed by atoms with E-state index in [2.05, 4.69) is 26.2 Å². The summed E-state index contributed by atoms with van der Waals surface area (Å²) >= 11 is 3.22. The van der Waals surface area contributed by atoms with Crippen LogP contribution in [0, 0.1) is 6.92 Å². The third-order valence-corrected chi connectivity index (χ3v) is 4.27. The van der Waals surface area contributed by atoms with Gasteiger partial charge in [0.25, 0.3) is 5.56 Å². The summed E-state index contributed by atoms with van der Waals surface area (Å²) in [6.07, 6.45) is -4.40. The molecule has 0 saturated carbocycles. The summed E-state index contributed by atoms with van der Waals surface area (Å²) in [5.41, 5.74) is 0.0300. The van der Waals surface area contributed by atoms with Crippen LogP contribution in [-0.4, -0.2) is 14.9 Å². The van der Waals surface area contributed by atoms with E-state index < -0.39 is 23.3 Å². The number of halogens is 4. The van der Waals surface area contributed by atoms with Crippen LogP contribution in [0.2, 0.25) is 0 Å². The monoisotopic (exact) mass is 401 g/mol. The highest BCUT2D eigenvalue weighted by Gasteiger charge is 2.30. The van der Waals surface area contributed by atoms with Gasteiger partial charge in [0.05, 0.1) is 17.3 Å². The van der Waals surface area contributed by atoms with Gasteiger partial charge in [-0.15, -0.1) is 0 Å². The lowest BCUT2D eigenvalue weighted by atomic mass is 10.1. The zero-order chi connectivity index (χ0) is 17.6. The van der Waals surface area contributed by atoms with Crippen molar-refractivity contribution in [1.29, 1.82) is 0 Å². The lowest BCUT2D eigenvalue weighted by Gasteiger charge is -2.15. The molecule has 1 aromatic carbocycles. The minimum absolute atomic E-state index is 0.244. The molecule has 2 heterocycles. The Balaban J connectivity index is 2.09. The van der Waals surface area contributed by atoms with E-state index in [0.717, 1.165) is 12.1 Å². The first-order valence-electron chi connectivity index (χ1n) is 6.91. The van der Waals surface area contributed by atoms with E-state index in [1.54, 1.807) is 13.8 Å². The van der Waals surface area contributed by atoms with E-state index in [1.807, 2.05) is 0 Å². The van der Waals surface area contributed by atoms with Gasteiger partial charge in [0.15, 0.2) is 4.60 Å². The van der Waals surface area contributed by atoms with Crippen LogP contribution in [0.5, 0.6) is 0 Å². The summed E-state index contributed by atoms with van der Waals surface area (Å²) in [5.74, 6) is 0. The summed E-state index contributed by atoms with van der Waals surface area (Å²) in [6.45, 7) is 3.31. The normalized spacial score (nSPS) is 13.4. The van der Waals surface area contributed by atoms with Gasteiger partial charge in [0.2, 0.25) is 5.58 Å². The SMILES string of the molecule is Cc1noc2c(Br)nn([C@@H](C)c3ccc(C(F)(F)F)cc3)c(=O)c12. The van der Waals surface area contributed by atoms with Gasteiger partial charge in [-0.25, -0.2) is 4.68 Å². The number of benzene rings is 1. The third-order valence-electron chi connectivity index (χ3n) is 3.75. The number of hydrogen-bond acceptors (Lipinski definition) is 4. The van der Waals surface area contributed by atoms with Crippen molar-refractivity contribution in [2.45, 2.75) is 26.1 Å². The van der Waals surface area contributed by atoms with Crippen molar-refractivity contribution < 1.29 is 17.7 Å². The molecule has 0 unspecified atom stereocenters. The molecule has 3 rings (SSSR count). The quantitative estimate of drug-likeness (QED) is 0.648. The van der Waals surface area contributed by atoms with E-state index in [-0.39, 0.29) is 11.0 Å². The Morgan fingerprint density at radius 3 is 2.46 bits per heavy atom. The maximum Gasteiger partial charge on any atom is 0.416 e. The van der Waals surface area contributed by atoms with E-state index in [0.29, 0.717) is 15.9 Å². The maximum absolute atomic E-state index is 12.7.